The van der Waals surface area contributed by atoms with Crippen LogP contribution in [0.1, 0.15) is 41.4 Å². The van der Waals surface area contributed by atoms with Crippen LogP contribution in [0.4, 0.5) is 88.2 Å². The molecule has 0 unspecified atom stereocenters. The van der Waals surface area contributed by atoms with E-state index < -0.39 is 169 Å². The van der Waals surface area contributed by atoms with Gasteiger partial charge in [-0.3, -0.25) is 19.2 Å². The van der Waals surface area contributed by atoms with Gasteiger partial charge in [-0.1, -0.05) is 139 Å². The predicted molar refractivity (Wildman–Crippen MR) is 254 cm³/mol. The van der Waals surface area contributed by atoms with E-state index in [0.717, 1.165) is 0 Å². The molecule has 32 heteroatoms. The fraction of sp³-hybridized carbons (Fsp3) is 0. The summed E-state index contributed by atoms with van der Waals surface area (Å²) in [5, 5.41) is 21.5. The summed E-state index contributed by atoms with van der Waals surface area (Å²) in [5.41, 5.74) is -6.46. The number of benzene rings is 8. The number of amides is 4. The monoisotopic (exact) mass is 1210 g/mol. The first kappa shape index (κ1) is 66.7. The van der Waals surface area contributed by atoms with Crippen molar-refractivity contribution in [2.75, 3.05) is 0 Å². The number of nitrogens with one attached hydrogen (secondary N) is 4. The van der Waals surface area contributed by atoms with Gasteiger partial charge in [0.05, 0.1) is 22.3 Å². The molecule has 0 aliphatic heterocycles. The molecule has 8 aromatic rings. The van der Waals surface area contributed by atoms with E-state index in [1.807, 2.05) is 0 Å². The molecular weight excluding hydrogens is 1180 g/mol. The number of rotatable bonds is 8. The number of carbonyl (C=O) groups is 4. The lowest BCUT2D eigenvalue weighted by molar-refractivity contribution is 0.0847. The molecule has 11 nitrogen and oxygen atoms in total. The van der Waals surface area contributed by atoms with Gasteiger partial charge >= 0.3 is 7.32 Å². The SMILES string of the molecule is O=C(NF)c1c(F)c(F)c(F)c(F)c1-c1ccccc1.O=C(NF)c1c(F)c(F)c(F)c(F)c1-c1ccccc1.O=C(NF)c1c(F)c(F)c(F)c(F)c1-c1ccccc1.O=C(NF)c1c(F)c(F)c(F)c(F)c1-c1ccccc1.OB(O)O. The molecular formula is C52H27BF20N4O7. The fourth-order valence-electron chi connectivity index (χ4n) is 7.07. The predicted octanol–water partition coefficient (Wildman–Crippen LogP) is 12.0. The molecule has 0 atom stereocenters. The first-order valence-electron chi connectivity index (χ1n) is 22.0. The maximum atomic E-state index is 13.8. The van der Waals surface area contributed by atoms with Gasteiger partial charge in [0.25, 0.3) is 23.6 Å². The summed E-state index contributed by atoms with van der Waals surface area (Å²) >= 11 is 0. The summed E-state index contributed by atoms with van der Waals surface area (Å²) in [6, 6.07) is 27.3. The van der Waals surface area contributed by atoms with Crippen LogP contribution in [0.5, 0.6) is 0 Å². The lowest BCUT2D eigenvalue weighted by Gasteiger charge is -2.11. The molecule has 0 bridgehead atoms. The summed E-state index contributed by atoms with van der Waals surface area (Å²) in [4.78, 5) is 45.0. The number of carbonyl (C=O) groups excluding carboxylic acids is 4. The molecule has 0 saturated carbocycles. The van der Waals surface area contributed by atoms with Crippen molar-refractivity contribution in [2.24, 2.45) is 0 Å². The van der Waals surface area contributed by atoms with Crippen LogP contribution >= 0.6 is 0 Å². The smallest absolute Gasteiger partial charge is 0.402 e. The third-order valence-corrected chi connectivity index (χ3v) is 10.6. The van der Waals surface area contributed by atoms with Crippen molar-refractivity contribution in [1.82, 2.24) is 22.2 Å². The molecule has 0 aliphatic carbocycles. The third kappa shape index (κ3) is 14.6. The summed E-state index contributed by atoms with van der Waals surface area (Å²) < 4.78 is 264. The van der Waals surface area contributed by atoms with Gasteiger partial charge in [-0.05, 0) is 22.3 Å². The Morgan fingerprint density at radius 2 is 0.381 bits per heavy atom. The van der Waals surface area contributed by atoms with Crippen LogP contribution in [0.15, 0.2) is 121 Å². The van der Waals surface area contributed by atoms with E-state index in [-0.39, 0.29) is 22.3 Å². The van der Waals surface area contributed by atoms with Crippen LogP contribution in [0.3, 0.4) is 0 Å². The molecule has 0 fully saturated rings. The van der Waals surface area contributed by atoms with Crippen LogP contribution in [0.25, 0.3) is 44.5 Å². The van der Waals surface area contributed by atoms with E-state index in [4.69, 9.17) is 15.1 Å². The second-order valence-electron chi connectivity index (χ2n) is 15.5. The summed E-state index contributed by atoms with van der Waals surface area (Å²) in [6.45, 7) is 0. The Kier molecular flexibility index (Phi) is 23.6. The van der Waals surface area contributed by atoms with E-state index in [1.54, 1.807) is 0 Å². The van der Waals surface area contributed by atoms with Crippen molar-refractivity contribution in [3.05, 3.63) is 237 Å². The van der Waals surface area contributed by atoms with Crippen LogP contribution in [-0.4, -0.2) is 46.0 Å². The number of hydrogen-bond acceptors (Lipinski definition) is 7. The molecule has 0 heterocycles. The van der Waals surface area contributed by atoms with E-state index in [9.17, 15) is 107 Å². The van der Waals surface area contributed by atoms with Gasteiger partial charge in [0.1, 0.15) is 0 Å². The van der Waals surface area contributed by atoms with E-state index >= 15 is 0 Å². The van der Waals surface area contributed by atoms with Crippen LogP contribution in [0.2, 0.25) is 0 Å². The quantitative estimate of drug-likeness (QED) is 0.0260. The van der Waals surface area contributed by atoms with Gasteiger partial charge in [-0.15, -0.1) is 0 Å². The first-order chi connectivity index (χ1) is 39.7. The lowest BCUT2D eigenvalue weighted by atomic mass is 9.97. The van der Waals surface area contributed by atoms with Gasteiger partial charge in [0.2, 0.25) is 0 Å². The molecule has 0 radical (unpaired) electrons. The van der Waals surface area contributed by atoms with Crippen LogP contribution in [-0.2, 0) is 0 Å². The average Bonchev–Trinajstić information content (AvgIpc) is 2.76. The van der Waals surface area contributed by atoms with Gasteiger partial charge in [0, 0.05) is 22.3 Å². The van der Waals surface area contributed by atoms with Crippen molar-refractivity contribution < 1.29 is 122 Å². The normalized spacial score (nSPS) is 10.3. The van der Waals surface area contributed by atoms with Crippen molar-refractivity contribution >= 4 is 30.9 Å². The second-order valence-corrected chi connectivity index (χ2v) is 15.5. The van der Waals surface area contributed by atoms with Crippen LogP contribution < -0.4 is 22.2 Å². The Labute approximate surface area is 456 Å². The van der Waals surface area contributed by atoms with Crippen molar-refractivity contribution in [1.29, 1.82) is 0 Å². The molecule has 8 rings (SSSR count). The van der Waals surface area contributed by atoms with Gasteiger partial charge < -0.3 is 15.1 Å². The molecule has 8 aromatic carbocycles. The summed E-state index contributed by atoms with van der Waals surface area (Å²) in [6.07, 6.45) is 0. The minimum absolute atomic E-state index is 0.0959. The minimum atomic E-state index is -2.18. The van der Waals surface area contributed by atoms with Crippen molar-refractivity contribution in [2.45, 2.75) is 0 Å². The van der Waals surface area contributed by atoms with Gasteiger partial charge in [0.15, 0.2) is 93.1 Å². The minimum Gasteiger partial charge on any atom is -0.402 e. The zero-order chi connectivity index (χ0) is 63.0. The van der Waals surface area contributed by atoms with Crippen molar-refractivity contribution in [3.63, 3.8) is 0 Å². The Morgan fingerprint density at radius 3 is 0.512 bits per heavy atom. The van der Waals surface area contributed by atoms with E-state index in [2.05, 4.69) is 0 Å². The number of halogens is 20. The Morgan fingerprint density at radius 1 is 0.250 bits per heavy atom. The largest absolute Gasteiger partial charge is 0.631 e. The molecule has 4 amide bonds. The molecule has 440 valence electrons. The molecule has 0 aliphatic rings. The maximum Gasteiger partial charge on any atom is 0.631 e. The highest BCUT2D eigenvalue weighted by Crippen LogP contribution is 2.37. The summed E-state index contributed by atoms with van der Waals surface area (Å²) in [7, 11) is -2.17. The standard InChI is InChI=1S/4C13H6F5NO.BH3O3/c4*14-9-7(6-4-2-1-3-5-6)8(13(20)19-18)10(15)12(17)11(9)16;2-1(3)4/h4*1-5H,(H,19,20);2-4H. The average molecular weight is 1210 g/mol. The zero-order valence-corrected chi connectivity index (χ0v) is 40.7. The third-order valence-electron chi connectivity index (χ3n) is 10.6. The lowest BCUT2D eigenvalue weighted by Crippen LogP contribution is -2.19. The highest BCUT2D eigenvalue weighted by molar-refractivity contribution is 6.30. The highest BCUT2D eigenvalue weighted by Gasteiger charge is 2.34. The highest BCUT2D eigenvalue weighted by atomic mass is 19.2. The maximum absolute atomic E-state index is 13.8. The van der Waals surface area contributed by atoms with E-state index in [1.165, 1.54) is 121 Å². The topological polar surface area (TPSA) is 177 Å². The zero-order valence-electron chi connectivity index (χ0n) is 40.7. The summed E-state index contributed by atoms with van der Waals surface area (Å²) in [5.74, 6) is -38.8. The second kappa shape index (κ2) is 29.8. The van der Waals surface area contributed by atoms with Gasteiger partial charge in [-0.2, -0.15) is 22.2 Å². The molecule has 0 spiro atoms. The molecule has 0 aromatic heterocycles. The molecule has 7 N–H and O–H groups in total. The van der Waals surface area contributed by atoms with E-state index in [0.29, 0.717) is 22.2 Å². The van der Waals surface area contributed by atoms with Crippen molar-refractivity contribution in [3.8, 4) is 44.5 Å². The van der Waals surface area contributed by atoms with Gasteiger partial charge in [-0.25, -0.2) is 70.2 Å². The number of hydrogen-bond donors (Lipinski definition) is 7. The first-order valence-corrected chi connectivity index (χ1v) is 22.0. The Bertz CT molecular complexity index is 3240. The Hall–Kier alpha value is -9.82. The molecule has 0 saturated heterocycles. The Balaban J connectivity index is 0.000000235. The van der Waals surface area contributed by atoms with Crippen LogP contribution in [0, 0.1) is 93.1 Å². The molecule has 84 heavy (non-hydrogen) atoms. The fourth-order valence-corrected chi connectivity index (χ4v) is 7.07.